The Morgan fingerprint density at radius 2 is 1.95 bits per heavy atom. The molecule has 0 bridgehead atoms. The topological polar surface area (TPSA) is 47.5 Å². The largest absolute Gasteiger partial charge is 0.486 e. The second-order valence-electron chi connectivity index (χ2n) is 5.42. The molecular formula is C16H16ClN3O2. The molecule has 0 saturated carbocycles. The number of hydrogen-bond donors (Lipinski definition) is 0. The van der Waals surface area contributed by atoms with Crippen molar-refractivity contribution in [2.45, 2.75) is 18.9 Å². The summed E-state index contributed by atoms with van der Waals surface area (Å²) < 4.78 is 11.5. The average Bonchev–Trinajstić information content (AvgIpc) is 3.04. The smallest absolute Gasteiger partial charge is 0.225 e. The van der Waals surface area contributed by atoms with Crippen molar-refractivity contribution >= 4 is 17.5 Å². The Labute approximate surface area is 133 Å². The maximum absolute atomic E-state index is 5.89. The van der Waals surface area contributed by atoms with Crippen molar-refractivity contribution in [3.63, 3.8) is 0 Å². The number of fused-ring (bicyclic) bond motifs is 1. The average molecular weight is 318 g/mol. The summed E-state index contributed by atoms with van der Waals surface area (Å²) in [5.41, 5.74) is 1.15. The Balaban J connectivity index is 1.71. The van der Waals surface area contributed by atoms with Gasteiger partial charge in [0.25, 0.3) is 0 Å². The fourth-order valence-corrected chi connectivity index (χ4v) is 3.24. The molecule has 4 rings (SSSR count). The highest BCUT2D eigenvalue weighted by atomic mass is 35.5. The number of nitrogens with zero attached hydrogens (tertiary/aromatic N) is 3. The van der Waals surface area contributed by atoms with E-state index in [4.69, 9.17) is 21.1 Å². The first-order valence-electron chi connectivity index (χ1n) is 7.45. The number of halogens is 1. The van der Waals surface area contributed by atoms with Gasteiger partial charge in [0.2, 0.25) is 5.95 Å². The molecule has 0 spiro atoms. The van der Waals surface area contributed by atoms with Crippen molar-refractivity contribution < 1.29 is 9.47 Å². The molecule has 114 valence electrons. The van der Waals surface area contributed by atoms with Crippen molar-refractivity contribution in [1.29, 1.82) is 0 Å². The van der Waals surface area contributed by atoms with E-state index in [-0.39, 0.29) is 6.04 Å². The van der Waals surface area contributed by atoms with E-state index in [2.05, 4.69) is 20.9 Å². The van der Waals surface area contributed by atoms with Crippen molar-refractivity contribution in [3.8, 4) is 11.5 Å². The third-order valence-electron chi connectivity index (χ3n) is 4.07. The van der Waals surface area contributed by atoms with Gasteiger partial charge in [-0.15, -0.1) is 0 Å². The van der Waals surface area contributed by atoms with Crippen LogP contribution in [0.5, 0.6) is 11.5 Å². The third kappa shape index (κ3) is 2.35. The van der Waals surface area contributed by atoms with Crippen LogP contribution in [-0.4, -0.2) is 29.7 Å². The summed E-state index contributed by atoms with van der Waals surface area (Å²) in [7, 11) is 0. The molecule has 0 aliphatic carbocycles. The van der Waals surface area contributed by atoms with Crippen molar-refractivity contribution in [2.24, 2.45) is 0 Å². The fourth-order valence-electron chi connectivity index (χ4n) is 3.14. The monoisotopic (exact) mass is 317 g/mol. The SMILES string of the molecule is Clc1cnc(N2CCCC2c2cccc3c2OCCO3)nc1. The molecule has 0 radical (unpaired) electrons. The molecule has 5 nitrogen and oxygen atoms in total. The fraction of sp³-hybridized carbons (Fsp3) is 0.375. The summed E-state index contributed by atoms with van der Waals surface area (Å²) in [6.07, 6.45) is 5.42. The molecule has 6 heteroatoms. The maximum atomic E-state index is 5.89. The standard InChI is InChI=1S/C16H16ClN3O2/c17-11-9-18-16(19-10-11)20-6-2-4-13(20)12-3-1-5-14-15(12)22-8-7-21-14/h1,3,5,9-10,13H,2,4,6-8H2. The molecule has 2 aliphatic heterocycles. The lowest BCUT2D eigenvalue weighted by atomic mass is 10.0. The minimum absolute atomic E-state index is 0.206. The number of rotatable bonds is 2. The number of para-hydroxylation sites is 1. The molecule has 1 atom stereocenters. The van der Waals surface area contributed by atoms with E-state index >= 15 is 0 Å². The zero-order chi connectivity index (χ0) is 14.9. The first-order valence-corrected chi connectivity index (χ1v) is 7.83. The second kappa shape index (κ2) is 5.65. The zero-order valence-electron chi connectivity index (χ0n) is 12.0. The molecule has 1 saturated heterocycles. The Morgan fingerprint density at radius 3 is 2.82 bits per heavy atom. The predicted octanol–water partition coefficient (Wildman–Crippen LogP) is 3.24. The number of benzene rings is 1. The minimum atomic E-state index is 0.206. The van der Waals surface area contributed by atoms with Crippen LogP contribution >= 0.6 is 11.6 Å². The highest BCUT2D eigenvalue weighted by Crippen LogP contribution is 2.43. The third-order valence-corrected chi connectivity index (χ3v) is 4.27. The van der Waals surface area contributed by atoms with E-state index in [1.165, 1.54) is 0 Å². The van der Waals surface area contributed by atoms with Gasteiger partial charge in [0.15, 0.2) is 11.5 Å². The number of hydrogen-bond acceptors (Lipinski definition) is 5. The highest BCUT2D eigenvalue weighted by molar-refractivity contribution is 6.30. The van der Waals surface area contributed by atoms with Crippen molar-refractivity contribution in [3.05, 3.63) is 41.2 Å². The van der Waals surface area contributed by atoms with E-state index in [1.54, 1.807) is 12.4 Å². The van der Waals surface area contributed by atoms with E-state index in [1.807, 2.05) is 12.1 Å². The lowest BCUT2D eigenvalue weighted by Gasteiger charge is -2.28. The summed E-state index contributed by atoms with van der Waals surface area (Å²) >= 11 is 5.89. The molecule has 1 fully saturated rings. The van der Waals surface area contributed by atoms with Gasteiger partial charge in [-0.1, -0.05) is 23.7 Å². The van der Waals surface area contributed by atoms with Gasteiger partial charge in [0.1, 0.15) is 13.2 Å². The van der Waals surface area contributed by atoms with Crippen LogP contribution in [0, 0.1) is 0 Å². The molecule has 3 heterocycles. The normalized spacial score (nSPS) is 20.2. The van der Waals surface area contributed by atoms with Crippen molar-refractivity contribution in [1.82, 2.24) is 9.97 Å². The highest BCUT2D eigenvalue weighted by Gasteiger charge is 2.32. The van der Waals surface area contributed by atoms with Gasteiger partial charge in [-0.25, -0.2) is 9.97 Å². The molecule has 22 heavy (non-hydrogen) atoms. The van der Waals surface area contributed by atoms with E-state index in [0.717, 1.165) is 36.4 Å². The molecule has 0 N–H and O–H groups in total. The van der Waals surface area contributed by atoms with Crippen LogP contribution in [0.2, 0.25) is 5.02 Å². The summed E-state index contributed by atoms with van der Waals surface area (Å²) in [5.74, 6) is 2.40. The van der Waals surface area contributed by atoms with Gasteiger partial charge >= 0.3 is 0 Å². The number of ether oxygens (including phenoxy) is 2. The van der Waals surface area contributed by atoms with Gasteiger partial charge in [-0.05, 0) is 18.9 Å². The van der Waals surface area contributed by atoms with Gasteiger partial charge in [-0.2, -0.15) is 0 Å². The number of anilines is 1. The maximum Gasteiger partial charge on any atom is 0.225 e. The zero-order valence-corrected chi connectivity index (χ0v) is 12.8. The Hall–Kier alpha value is -2.01. The van der Waals surface area contributed by atoms with Gasteiger partial charge in [0.05, 0.1) is 23.5 Å². The van der Waals surface area contributed by atoms with E-state index < -0.39 is 0 Å². The van der Waals surface area contributed by atoms with Gasteiger partial charge in [0, 0.05) is 12.1 Å². The molecule has 2 aliphatic rings. The predicted molar refractivity (Wildman–Crippen MR) is 83.8 cm³/mol. The van der Waals surface area contributed by atoms with Gasteiger partial charge in [-0.3, -0.25) is 0 Å². The molecule has 2 aromatic rings. The first-order chi connectivity index (χ1) is 10.8. The Kier molecular flexibility index (Phi) is 3.50. The molecule has 1 aromatic carbocycles. The lowest BCUT2D eigenvalue weighted by Crippen LogP contribution is -2.26. The summed E-state index contributed by atoms with van der Waals surface area (Å²) in [6, 6.07) is 6.28. The van der Waals surface area contributed by atoms with Crippen LogP contribution in [0.3, 0.4) is 0 Å². The number of aromatic nitrogens is 2. The summed E-state index contributed by atoms with van der Waals surface area (Å²) in [4.78, 5) is 10.9. The first kappa shape index (κ1) is 13.6. The van der Waals surface area contributed by atoms with Crippen molar-refractivity contribution in [2.75, 3.05) is 24.7 Å². The van der Waals surface area contributed by atoms with Crippen LogP contribution < -0.4 is 14.4 Å². The van der Waals surface area contributed by atoms with Crippen LogP contribution in [0.1, 0.15) is 24.4 Å². The molecular weight excluding hydrogens is 302 g/mol. The molecule has 0 amide bonds. The van der Waals surface area contributed by atoms with E-state index in [9.17, 15) is 0 Å². The molecule has 1 unspecified atom stereocenters. The second-order valence-corrected chi connectivity index (χ2v) is 5.86. The lowest BCUT2D eigenvalue weighted by molar-refractivity contribution is 0.169. The summed E-state index contributed by atoms with van der Waals surface area (Å²) in [6.45, 7) is 2.12. The Bertz CT molecular complexity index is 678. The van der Waals surface area contributed by atoms with Gasteiger partial charge < -0.3 is 14.4 Å². The van der Waals surface area contributed by atoms with E-state index in [0.29, 0.717) is 24.2 Å². The summed E-state index contributed by atoms with van der Waals surface area (Å²) in [5, 5.41) is 0.549. The molecule has 1 aromatic heterocycles. The van der Waals surface area contributed by atoms with Crippen LogP contribution in [0.25, 0.3) is 0 Å². The Morgan fingerprint density at radius 1 is 1.14 bits per heavy atom. The van der Waals surface area contributed by atoms with Crippen LogP contribution in [0.4, 0.5) is 5.95 Å². The minimum Gasteiger partial charge on any atom is -0.486 e. The quantitative estimate of drug-likeness (QED) is 0.851. The van der Waals surface area contributed by atoms with Crippen LogP contribution in [-0.2, 0) is 0 Å². The van der Waals surface area contributed by atoms with Crippen LogP contribution in [0.15, 0.2) is 30.6 Å².